The highest BCUT2D eigenvalue weighted by molar-refractivity contribution is 6.00. The summed E-state index contributed by atoms with van der Waals surface area (Å²) < 4.78 is 13.8. The van der Waals surface area contributed by atoms with Gasteiger partial charge in [-0.3, -0.25) is 14.9 Å². The Morgan fingerprint density at radius 3 is 2.90 bits per heavy atom. The van der Waals surface area contributed by atoms with Crippen molar-refractivity contribution in [1.29, 1.82) is 0 Å². The van der Waals surface area contributed by atoms with Crippen molar-refractivity contribution in [2.45, 2.75) is 38.1 Å². The van der Waals surface area contributed by atoms with E-state index in [1.807, 2.05) is 6.92 Å². The second-order valence-corrected chi connectivity index (χ2v) is 5.21. The van der Waals surface area contributed by atoms with Gasteiger partial charge in [-0.1, -0.05) is 19.4 Å². The molecule has 0 spiro atoms. The van der Waals surface area contributed by atoms with E-state index in [2.05, 4.69) is 10.6 Å². The minimum absolute atomic E-state index is 0.364. The largest absolute Gasteiger partial charge is 0.316 e. The molecule has 0 saturated carbocycles. The molecule has 1 aromatic rings. The Hall–Kier alpha value is -2.02. The van der Waals surface area contributed by atoms with E-state index in [9.17, 15) is 19.3 Å². The van der Waals surface area contributed by atoms with Crippen LogP contribution in [-0.2, 0) is 4.79 Å². The van der Waals surface area contributed by atoms with Gasteiger partial charge in [-0.15, -0.1) is 0 Å². The number of nitrogens with zero attached hydrogens (tertiary/aromatic N) is 1. The third kappa shape index (κ3) is 3.02. The average Bonchev–Trinajstić information content (AvgIpc) is 2.91. The van der Waals surface area contributed by atoms with Crippen LogP contribution in [0.5, 0.6) is 0 Å². The van der Waals surface area contributed by atoms with Gasteiger partial charge in [-0.2, -0.15) is 0 Å². The van der Waals surface area contributed by atoms with Crippen LogP contribution in [0.4, 0.5) is 15.8 Å². The number of anilines is 1. The number of hydrogen-bond acceptors (Lipinski definition) is 4. The molecule has 1 fully saturated rings. The molecule has 1 aromatic carbocycles. The van der Waals surface area contributed by atoms with Crippen LogP contribution in [0.2, 0.25) is 0 Å². The lowest BCUT2D eigenvalue weighted by Gasteiger charge is -2.27. The van der Waals surface area contributed by atoms with Crippen LogP contribution in [0.15, 0.2) is 18.2 Å². The van der Waals surface area contributed by atoms with Crippen molar-refractivity contribution in [2.75, 3.05) is 11.9 Å². The highest BCUT2D eigenvalue weighted by Crippen LogP contribution is 2.31. The van der Waals surface area contributed by atoms with Crippen LogP contribution in [0.25, 0.3) is 0 Å². The third-order valence-electron chi connectivity index (χ3n) is 3.78. The molecule has 1 saturated heterocycles. The standard InChI is InChI=1S/C14H18FN3O3/c1-2-7-14(8-4-9-16-14)13(19)17-12-10(15)5-3-6-11(12)18(20)21/h3,5-6,16H,2,4,7-9H2,1H3,(H,17,19). The monoisotopic (exact) mass is 295 g/mol. The zero-order valence-electron chi connectivity index (χ0n) is 11.8. The van der Waals surface area contributed by atoms with E-state index in [0.717, 1.165) is 18.9 Å². The molecule has 114 valence electrons. The van der Waals surface area contributed by atoms with Crippen molar-refractivity contribution in [2.24, 2.45) is 0 Å². The Bertz CT molecular complexity index is 556. The molecule has 0 aromatic heterocycles. The summed E-state index contributed by atoms with van der Waals surface area (Å²) in [5, 5.41) is 16.5. The molecule has 1 amide bonds. The Morgan fingerprint density at radius 2 is 2.33 bits per heavy atom. The summed E-state index contributed by atoms with van der Waals surface area (Å²) in [5.74, 6) is -1.21. The van der Waals surface area contributed by atoms with E-state index in [1.165, 1.54) is 12.1 Å². The lowest BCUT2D eigenvalue weighted by atomic mass is 9.90. The predicted octanol–water partition coefficient (Wildman–Crippen LogP) is 2.59. The predicted molar refractivity (Wildman–Crippen MR) is 76.6 cm³/mol. The third-order valence-corrected chi connectivity index (χ3v) is 3.78. The molecular formula is C14H18FN3O3. The smallest absolute Gasteiger partial charge is 0.295 e. The maximum atomic E-state index is 13.8. The van der Waals surface area contributed by atoms with Crippen LogP contribution in [0.1, 0.15) is 32.6 Å². The Labute approximate surface area is 121 Å². The number of benzene rings is 1. The molecule has 1 aliphatic heterocycles. The van der Waals surface area contributed by atoms with Gasteiger partial charge in [0.1, 0.15) is 0 Å². The SMILES string of the molecule is CCCC1(C(=O)Nc2c(F)cccc2[N+](=O)[O-])CCCN1. The second kappa shape index (κ2) is 6.17. The summed E-state index contributed by atoms with van der Waals surface area (Å²) in [6.07, 6.45) is 2.91. The number of nitro groups is 1. The first-order valence-corrected chi connectivity index (χ1v) is 6.99. The van der Waals surface area contributed by atoms with E-state index < -0.39 is 27.9 Å². The number of carbonyl (C=O) groups excluding carboxylic acids is 1. The topological polar surface area (TPSA) is 84.3 Å². The van der Waals surface area contributed by atoms with E-state index in [0.29, 0.717) is 19.4 Å². The number of carbonyl (C=O) groups is 1. The highest BCUT2D eigenvalue weighted by atomic mass is 19.1. The first kappa shape index (κ1) is 15.4. The minimum Gasteiger partial charge on any atom is -0.316 e. The van der Waals surface area contributed by atoms with E-state index >= 15 is 0 Å². The van der Waals surface area contributed by atoms with E-state index in [-0.39, 0.29) is 5.69 Å². The van der Waals surface area contributed by atoms with Crippen LogP contribution < -0.4 is 10.6 Å². The normalized spacial score (nSPS) is 21.2. The van der Waals surface area contributed by atoms with Gasteiger partial charge in [0.25, 0.3) is 5.69 Å². The fourth-order valence-electron chi connectivity index (χ4n) is 2.78. The number of nitrogens with one attached hydrogen (secondary N) is 2. The maximum Gasteiger partial charge on any atom is 0.295 e. The summed E-state index contributed by atoms with van der Waals surface area (Å²) in [5.41, 5.74) is -1.56. The Morgan fingerprint density at radius 1 is 1.57 bits per heavy atom. The van der Waals surface area contributed by atoms with Gasteiger partial charge in [-0.25, -0.2) is 4.39 Å². The molecule has 6 nitrogen and oxygen atoms in total. The fraction of sp³-hybridized carbons (Fsp3) is 0.500. The molecule has 0 aliphatic carbocycles. The van der Waals surface area contributed by atoms with Gasteiger partial charge >= 0.3 is 0 Å². The Kier molecular flexibility index (Phi) is 4.52. The highest BCUT2D eigenvalue weighted by Gasteiger charge is 2.40. The van der Waals surface area contributed by atoms with Gasteiger partial charge in [0.05, 0.1) is 10.5 Å². The summed E-state index contributed by atoms with van der Waals surface area (Å²) in [6.45, 7) is 2.67. The first-order chi connectivity index (χ1) is 10.00. The lowest BCUT2D eigenvalue weighted by Crippen LogP contribution is -2.50. The van der Waals surface area contributed by atoms with Crippen molar-refractivity contribution in [3.8, 4) is 0 Å². The molecule has 1 aliphatic rings. The molecule has 1 atom stereocenters. The van der Waals surface area contributed by atoms with E-state index in [1.54, 1.807) is 0 Å². The minimum atomic E-state index is -0.804. The zero-order valence-corrected chi connectivity index (χ0v) is 11.8. The Balaban J connectivity index is 2.29. The summed E-state index contributed by atoms with van der Waals surface area (Å²) in [4.78, 5) is 22.7. The van der Waals surface area contributed by atoms with Crippen LogP contribution in [-0.4, -0.2) is 22.9 Å². The molecule has 1 heterocycles. The molecule has 2 rings (SSSR count). The maximum absolute atomic E-state index is 13.8. The number of hydrogen-bond donors (Lipinski definition) is 2. The van der Waals surface area contributed by atoms with Gasteiger partial charge in [0.15, 0.2) is 11.5 Å². The van der Waals surface area contributed by atoms with Crippen molar-refractivity contribution >= 4 is 17.3 Å². The fourth-order valence-corrected chi connectivity index (χ4v) is 2.78. The zero-order chi connectivity index (χ0) is 15.5. The molecule has 2 N–H and O–H groups in total. The molecule has 0 bridgehead atoms. The van der Waals surface area contributed by atoms with Crippen molar-refractivity contribution in [1.82, 2.24) is 5.32 Å². The molecule has 0 radical (unpaired) electrons. The van der Waals surface area contributed by atoms with E-state index in [4.69, 9.17) is 0 Å². The number of nitro benzene ring substituents is 1. The molecular weight excluding hydrogens is 277 g/mol. The number of rotatable bonds is 5. The van der Waals surface area contributed by atoms with Crippen LogP contribution in [0, 0.1) is 15.9 Å². The average molecular weight is 295 g/mol. The van der Waals surface area contributed by atoms with Gasteiger partial charge in [0, 0.05) is 6.07 Å². The summed E-state index contributed by atoms with van der Waals surface area (Å²) in [7, 11) is 0. The quantitative estimate of drug-likeness (QED) is 0.646. The van der Waals surface area contributed by atoms with Gasteiger partial charge in [0.2, 0.25) is 5.91 Å². The van der Waals surface area contributed by atoms with Crippen molar-refractivity contribution in [3.63, 3.8) is 0 Å². The molecule has 7 heteroatoms. The van der Waals surface area contributed by atoms with Crippen molar-refractivity contribution < 1.29 is 14.1 Å². The van der Waals surface area contributed by atoms with Crippen molar-refractivity contribution in [3.05, 3.63) is 34.1 Å². The number of halogens is 1. The molecule has 1 unspecified atom stereocenters. The van der Waals surface area contributed by atoms with Crippen LogP contribution in [0.3, 0.4) is 0 Å². The lowest BCUT2D eigenvalue weighted by molar-refractivity contribution is -0.384. The van der Waals surface area contributed by atoms with Crippen LogP contribution >= 0.6 is 0 Å². The van der Waals surface area contributed by atoms with Gasteiger partial charge < -0.3 is 10.6 Å². The summed E-state index contributed by atoms with van der Waals surface area (Å²) in [6, 6.07) is 3.52. The summed E-state index contributed by atoms with van der Waals surface area (Å²) >= 11 is 0. The second-order valence-electron chi connectivity index (χ2n) is 5.21. The van der Waals surface area contributed by atoms with Gasteiger partial charge in [-0.05, 0) is 31.9 Å². The number of para-hydroxylation sites is 1. The first-order valence-electron chi connectivity index (χ1n) is 6.99. The number of amides is 1. The molecule has 21 heavy (non-hydrogen) atoms.